The van der Waals surface area contributed by atoms with E-state index in [0.717, 1.165) is 55.7 Å². The first-order valence-corrected chi connectivity index (χ1v) is 9.21. The van der Waals surface area contributed by atoms with Crippen LogP contribution in [0.15, 0.2) is 6.07 Å². The zero-order valence-electron chi connectivity index (χ0n) is 15.5. The number of likely N-dealkylation sites (tertiary alicyclic amines) is 1. The molecule has 3 rings (SSSR count). The summed E-state index contributed by atoms with van der Waals surface area (Å²) in [6, 6.07) is 1.98. The number of rotatable bonds is 4. The lowest BCUT2D eigenvalue weighted by Crippen LogP contribution is -2.40. The first kappa shape index (κ1) is 18.0. The Morgan fingerprint density at radius 1 is 1.24 bits per heavy atom. The van der Waals surface area contributed by atoms with Crippen molar-refractivity contribution in [1.29, 1.82) is 0 Å². The molecule has 0 radical (unpaired) electrons. The summed E-state index contributed by atoms with van der Waals surface area (Å²) < 4.78 is 7.78. The molecule has 2 saturated heterocycles. The molecule has 2 aliphatic rings. The first-order chi connectivity index (χ1) is 11.9. The van der Waals surface area contributed by atoms with Gasteiger partial charge in [-0.3, -0.25) is 9.59 Å². The van der Waals surface area contributed by atoms with Crippen LogP contribution < -0.4 is 5.73 Å². The Hall–Kier alpha value is -1.82. The van der Waals surface area contributed by atoms with E-state index in [1.54, 1.807) is 0 Å². The minimum absolute atomic E-state index is 0.0382. The number of carbonyl (C=O) groups is 2. The van der Waals surface area contributed by atoms with Crippen molar-refractivity contribution in [2.45, 2.75) is 45.6 Å². The molecular formula is C19H29N3O3. The molecule has 0 saturated carbocycles. The molecule has 2 N–H and O–H groups in total. The van der Waals surface area contributed by atoms with Crippen LogP contribution in [-0.4, -0.2) is 47.1 Å². The number of aromatic nitrogens is 1. The number of primary amides is 1. The summed E-state index contributed by atoms with van der Waals surface area (Å²) in [6.07, 6.45) is 3.50. The van der Waals surface area contributed by atoms with Gasteiger partial charge >= 0.3 is 0 Å². The number of nitrogens with two attached hydrogens (primary N) is 1. The van der Waals surface area contributed by atoms with E-state index in [-0.39, 0.29) is 23.8 Å². The third-order valence-corrected chi connectivity index (χ3v) is 6.05. The highest BCUT2D eigenvalue weighted by Crippen LogP contribution is 2.31. The number of piperidine rings is 1. The maximum atomic E-state index is 12.8. The summed E-state index contributed by atoms with van der Waals surface area (Å²) in [4.78, 5) is 26.3. The van der Waals surface area contributed by atoms with E-state index in [1.807, 2.05) is 31.9 Å². The van der Waals surface area contributed by atoms with E-state index in [2.05, 4.69) is 4.57 Å². The second-order valence-electron chi connectivity index (χ2n) is 7.52. The van der Waals surface area contributed by atoms with Gasteiger partial charge in [0.1, 0.15) is 0 Å². The third-order valence-electron chi connectivity index (χ3n) is 6.05. The Labute approximate surface area is 149 Å². The molecule has 25 heavy (non-hydrogen) atoms. The molecule has 3 heterocycles. The van der Waals surface area contributed by atoms with E-state index in [1.165, 1.54) is 0 Å². The molecule has 2 amide bonds. The molecule has 2 aliphatic heterocycles. The highest BCUT2D eigenvalue weighted by Gasteiger charge is 2.35. The van der Waals surface area contributed by atoms with Gasteiger partial charge < -0.3 is 19.9 Å². The van der Waals surface area contributed by atoms with Gasteiger partial charge in [-0.15, -0.1) is 0 Å². The second kappa shape index (κ2) is 7.20. The number of hydrogen-bond donors (Lipinski definition) is 1. The van der Waals surface area contributed by atoms with Crippen LogP contribution in [0.25, 0.3) is 0 Å². The summed E-state index contributed by atoms with van der Waals surface area (Å²) in [7, 11) is 1.99. The Kier molecular flexibility index (Phi) is 5.18. The second-order valence-corrected chi connectivity index (χ2v) is 7.52. The maximum absolute atomic E-state index is 12.8. The summed E-state index contributed by atoms with van der Waals surface area (Å²) >= 11 is 0. The molecule has 0 bridgehead atoms. The first-order valence-electron chi connectivity index (χ1n) is 9.21. The van der Waals surface area contributed by atoms with Crippen LogP contribution in [0.3, 0.4) is 0 Å². The highest BCUT2D eigenvalue weighted by molar-refractivity contribution is 5.95. The van der Waals surface area contributed by atoms with Crippen molar-refractivity contribution in [3.63, 3.8) is 0 Å². The average Bonchev–Trinajstić information content (AvgIpc) is 3.15. The predicted molar refractivity (Wildman–Crippen MR) is 95.2 cm³/mol. The van der Waals surface area contributed by atoms with Gasteiger partial charge in [0.2, 0.25) is 5.91 Å². The van der Waals surface area contributed by atoms with E-state index >= 15 is 0 Å². The fraction of sp³-hybridized carbons (Fsp3) is 0.684. The molecular weight excluding hydrogens is 318 g/mol. The maximum Gasteiger partial charge on any atom is 0.255 e. The lowest BCUT2D eigenvalue weighted by atomic mass is 9.86. The van der Waals surface area contributed by atoms with Crippen molar-refractivity contribution >= 4 is 11.8 Å². The average molecular weight is 347 g/mol. The van der Waals surface area contributed by atoms with Gasteiger partial charge in [0, 0.05) is 38.1 Å². The zero-order valence-corrected chi connectivity index (χ0v) is 15.5. The van der Waals surface area contributed by atoms with Crippen LogP contribution in [0.5, 0.6) is 0 Å². The number of nitrogens with zero attached hydrogens (tertiary/aromatic N) is 2. The van der Waals surface area contributed by atoms with Crippen LogP contribution in [0.2, 0.25) is 0 Å². The SMILES string of the molecule is Cc1cc(C(=O)N2CCC(C[C@H]3OCC[C@H]3C(N)=O)CC2)c(C)n1C. The number of aryl methyl sites for hydroxylation is 1. The van der Waals surface area contributed by atoms with Crippen molar-refractivity contribution < 1.29 is 14.3 Å². The van der Waals surface area contributed by atoms with Gasteiger partial charge in [-0.1, -0.05) is 0 Å². The summed E-state index contributed by atoms with van der Waals surface area (Å²) in [5.41, 5.74) is 8.41. The van der Waals surface area contributed by atoms with Gasteiger partial charge in [0.25, 0.3) is 5.91 Å². The van der Waals surface area contributed by atoms with Crippen molar-refractivity contribution in [3.05, 3.63) is 23.0 Å². The van der Waals surface area contributed by atoms with E-state index in [0.29, 0.717) is 12.5 Å². The summed E-state index contributed by atoms with van der Waals surface area (Å²) in [5.74, 6) is 0.235. The van der Waals surface area contributed by atoms with Crippen LogP contribution in [0.1, 0.15) is 47.4 Å². The molecule has 0 spiro atoms. The molecule has 1 aromatic heterocycles. The Balaban J connectivity index is 1.56. The fourth-order valence-electron chi connectivity index (χ4n) is 4.15. The van der Waals surface area contributed by atoms with Crippen molar-refractivity contribution in [3.8, 4) is 0 Å². The lowest BCUT2D eigenvalue weighted by molar-refractivity contribution is -0.123. The van der Waals surface area contributed by atoms with Gasteiger partial charge in [-0.05, 0) is 51.5 Å². The smallest absolute Gasteiger partial charge is 0.255 e. The molecule has 6 nitrogen and oxygen atoms in total. The third kappa shape index (κ3) is 3.59. The topological polar surface area (TPSA) is 77.6 Å². The van der Waals surface area contributed by atoms with Gasteiger partial charge in [0.15, 0.2) is 0 Å². The van der Waals surface area contributed by atoms with Gasteiger partial charge in [-0.2, -0.15) is 0 Å². The molecule has 2 fully saturated rings. The minimum Gasteiger partial charge on any atom is -0.377 e. The standard InChI is InChI=1S/C19H29N3O3/c1-12-10-16(13(2)21(12)3)19(24)22-7-4-14(5-8-22)11-17-15(18(20)23)6-9-25-17/h10,14-15,17H,4-9,11H2,1-3H3,(H2,20,23)/t15-,17-/m1/s1. The van der Waals surface area contributed by atoms with Crippen molar-refractivity contribution in [2.24, 2.45) is 24.6 Å². The zero-order chi connectivity index (χ0) is 18.1. The number of ether oxygens (including phenoxy) is 1. The Morgan fingerprint density at radius 3 is 2.48 bits per heavy atom. The highest BCUT2D eigenvalue weighted by atomic mass is 16.5. The quantitative estimate of drug-likeness (QED) is 0.902. The largest absolute Gasteiger partial charge is 0.377 e. The Bertz CT molecular complexity index is 659. The van der Waals surface area contributed by atoms with E-state index < -0.39 is 0 Å². The molecule has 6 heteroatoms. The Morgan fingerprint density at radius 2 is 1.92 bits per heavy atom. The minimum atomic E-state index is -0.245. The lowest BCUT2D eigenvalue weighted by Gasteiger charge is -2.33. The molecule has 0 aliphatic carbocycles. The number of hydrogen-bond acceptors (Lipinski definition) is 3. The van der Waals surface area contributed by atoms with Crippen LogP contribution >= 0.6 is 0 Å². The normalized spacial score (nSPS) is 24.7. The van der Waals surface area contributed by atoms with Crippen LogP contribution in [-0.2, 0) is 16.6 Å². The monoisotopic (exact) mass is 347 g/mol. The molecule has 0 aromatic carbocycles. The van der Waals surface area contributed by atoms with Crippen molar-refractivity contribution in [1.82, 2.24) is 9.47 Å². The summed E-state index contributed by atoms with van der Waals surface area (Å²) in [6.45, 7) is 6.18. The van der Waals surface area contributed by atoms with Crippen LogP contribution in [0, 0.1) is 25.7 Å². The molecule has 1 aromatic rings. The van der Waals surface area contributed by atoms with Crippen molar-refractivity contribution in [2.75, 3.05) is 19.7 Å². The fourth-order valence-corrected chi connectivity index (χ4v) is 4.15. The predicted octanol–water partition coefficient (Wildman–Crippen LogP) is 1.77. The molecule has 2 atom stereocenters. The van der Waals surface area contributed by atoms with Gasteiger partial charge in [0.05, 0.1) is 17.6 Å². The van der Waals surface area contributed by atoms with E-state index in [9.17, 15) is 9.59 Å². The number of carbonyl (C=O) groups excluding carboxylic acids is 2. The molecule has 138 valence electrons. The number of amides is 2. The van der Waals surface area contributed by atoms with E-state index in [4.69, 9.17) is 10.5 Å². The van der Waals surface area contributed by atoms with Crippen LogP contribution in [0.4, 0.5) is 0 Å². The van der Waals surface area contributed by atoms with Gasteiger partial charge in [-0.25, -0.2) is 0 Å². The molecule has 0 unspecified atom stereocenters. The summed E-state index contributed by atoms with van der Waals surface area (Å²) in [5, 5.41) is 0.